The summed E-state index contributed by atoms with van der Waals surface area (Å²) in [7, 11) is -3.66. The number of furan rings is 1. The molecule has 0 atom stereocenters. The van der Waals surface area contributed by atoms with Gasteiger partial charge in [0.25, 0.3) is 10.0 Å². The number of hydrogen-bond donors (Lipinski definition) is 0. The van der Waals surface area contributed by atoms with E-state index in [1.165, 1.54) is 4.31 Å². The summed E-state index contributed by atoms with van der Waals surface area (Å²) in [5.41, 5.74) is 0.243. The molecule has 2 aromatic rings. The lowest BCUT2D eigenvalue weighted by atomic mass is 10.2. The molecule has 0 saturated heterocycles. The second kappa shape index (κ2) is 4.29. The number of hydrogen-bond acceptors (Lipinski definition) is 4. The van der Waals surface area contributed by atoms with Gasteiger partial charge in [-0.3, -0.25) is 4.31 Å². The molecule has 0 N–H and O–H groups in total. The second-order valence-corrected chi connectivity index (χ2v) is 7.87. The molecule has 1 spiro atoms. The number of sulfonamides is 1. The summed E-state index contributed by atoms with van der Waals surface area (Å²) in [5.74, 6) is 1.65. The SMILES string of the molecule is Cc1cc(S(=O)(=O)N2CC3(CC3)Oc3ccccc32)c(C)o1. The van der Waals surface area contributed by atoms with Crippen LogP contribution in [-0.4, -0.2) is 20.6 Å². The zero-order valence-electron chi connectivity index (χ0n) is 12.5. The van der Waals surface area contributed by atoms with Crippen molar-refractivity contribution in [3.63, 3.8) is 0 Å². The quantitative estimate of drug-likeness (QED) is 0.854. The maximum atomic E-state index is 13.1. The van der Waals surface area contributed by atoms with Crippen molar-refractivity contribution in [2.75, 3.05) is 10.8 Å². The first-order valence-electron chi connectivity index (χ1n) is 7.29. The highest BCUT2D eigenvalue weighted by atomic mass is 32.2. The molecule has 2 aliphatic rings. The summed E-state index contributed by atoms with van der Waals surface area (Å²) in [6, 6.07) is 8.87. The van der Waals surface area contributed by atoms with Gasteiger partial charge in [-0.1, -0.05) is 12.1 Å². The molecule has 1 aliphatic heterocycles. The Kier molecular flexibility index (Phi) is 2.67. The number of aryl methyl sites for hydroxylation is 2. The Hall–Kier alpha value is -1.95. The number of nitrogens with zero attached hydrogens (tertiary/aromatic N) is 1. The lowest BCUT2D eigenvalue weighted by Crippen LogP contribution is -2.45. The third-order valence-corrected chi connectivity index (χ3v) is 6.13. The van der Waals surface area contributed by atoms with Gasteiger partial charge in [0.05, 0.1) is 12.2 Å². The molecule has 0 amide bonds. The minimum absolute atomic E-state index is 0.234. The molecule has 6 heteroatoms. The van der Waals surface area contributed by atoms with E-state index >= 15 is 0 Å². The lowest BCUT2D eigenvalue weighted by molar-refractivity contribution is 0.178. The first-order valence-corrected chi connectivity index (χ1v) is 8.73. The van der Waals surface area contributed by atoms with E-state index in [1.54, 1.807) is 26.0 Å². The van der Waals surface area contributed by atoms with Crippen LogP contribution in [0.25, 0.3) is 0 Å². The fourth-order valence-corrected chi connectivity index (χ4v) is 4.73. The van der Waals surface area contributed by atoms with Crippen molar-refractivity contribution in [1.82, 2.24) is 0 Å². The van der Waals surface area contributed by atoms with Crippen LogP contribution in [-0.2, 0) is 10.0 Å². The molecule has 0 bridgehead atoms. The Labute approximate surface area is 129 Å². The normalized spacial score (nSPS) is 18.9. The minimum atomic E-state index is -3.66. The number of ether oxygens (including phenoxy) is 1. The van der Waals surface area contributed by atoms with Gasteiger partial charge in [-0.2, -0.15) is 0 Å². The zero-order valence-corrected chi connectivity index (χ0v) is 13.3. The van der Waals surface area contributed by atoms with Crippen molar-refractivity contribution >= 4 is 15.7 Å². The molecule has 2 heterocycles. The first-order chi connectivity index (χ1) is 10.4. The fraction of sp³-hybridized carbons (Fsp3) is 0.375. The van der Waals surface area contributed by atoms with Gasteiger partial charge in [0, 0.05) is 6.07 Å². The first kappa shape index (κ1) is 13.7. The summed E-state index contributed by atoms with van der Waals surface area (Å²) in [6.07, 6.45) is 1.77. The van der Waals surface area contributed by atoms with Gasteiger partial charge in [-0.15, -0.1) is 0 Å². The van der Waals surface area contributed by atoms with Crippen LogP contribution in [0.3, 0.4) is 0 Å². The average molecular weight is 319 g/mol. The summed E-state index contributed by atoms with van der Waals surface area (Å²) < 4.78 is 39.1. The van der Waals surface area contributed by atoms with Crippen molar-refractivity contribution in [1.29, 1.82) is 0 Å². The highest BCUT2D eigenvalue weighted by Crippen LogP contribution is 2.49. The molecule has 0 radical (unpaired) electrons. The minimum Gasteiger partial charge on any atom is -0.483 e. The fourth-order valence-electron chi connectivity index (χ4n) is 2.96. The molecule has 116 valence electrons. The Morgan fingerprint density at radius 3 is 2.55 bits per heavy atom. The van der Waals surface area contributed by atoms with Crippen molar-refractivity contribution < 1.29 is 17.6 Å². The number of anilines is 1. The highest BCUT2D eigenvalue weighted by Gasteiger charge is 2.52. The van der Waals surface area contributed by atoms with E-state index in [2.05, 4.69) is 0 Å². The predicted molar refractivity (Wildman–Crippen MR) is 81.7 cm³/mol. The molecule has 22 heavy (non-hydrogen) atoms. The second-order valence-electron chi connectivity index (χ2n) is 6.04. The van der Waals surface area contributed by atoms with Crippen LogP contribution in [0.15, 0.2) is 39.6 Å². The van der Waals surface area contributed by atoms with Gasteiger partial charge in [0.1, 0.15) is 27.8 Å². The standard InChI is InChI=1S/C16H17NO4S/c1-11-9-15(12(2)20-11)22(18,19)17-10-16(7-8-16)21-14-6-4-3-5-13(14)17/h3-6,9H,7-8,10H2,1-2H3. The molecule has 0 unspecified atom stereocenters. The Bertz CT molecular complexity index is 849. The van der Waals surface area contributed by atoms with Crippen LogP contribution in [0.2, 0.25) is 0 Å². The molecular weight excluding hydrogens is 302 g/mol. The third kappa shape index (κ3) is 1.94. The summed E-state index contributed by atoms with van der Waals surface area (Å²) in [6.45, 7) is 3.79. The largest absolute Gasteiger partial charge is 0.483 e. The maximum absolute atomic E-state index is 13.1. The van der Waals surface area contributed by atoms with E-state index < -0.39 is 10.0 Å². The van der Waals surface area contributed by atoms with Gasteiger partial charge in [-0.25, -0.2) is 8.42 Å². The summed E-state index contributed by atoms with van der Waals surface area (Å²) in [4.78, 5) is 0.234. The van der Waals surface area contributed by atoms with E-state index in [0.717, 1.165) is 12.8 Å². The molecule has 1 saturated carbocycles. The number of para-hydroxylation sites is 2. The smallest absolute Gasteiger partial charge is 0.268 e. The molecule has 5 nitrogen and oxygen atoms in total. The van der Waals surface area contributed by atoms with Gasteiger partial charge in [0.2, 0.25) is 0 Å². The number of benzene rings is 1. The van der Waals surface area contributed by atoms with Crippen molar-refractivity contribution in [2.45, 2.75) is 37.2 Å². The predicted octanol–water partition coefficient (Wildman–Crippen LogP) is 3.02. The summed E-state index contributed by atoms with van der Waals surface area (Å²) >= 11 is 0. The molecule has 1 aliphatic carbocycles. The van der Waals surface area contributed by atoms with E-state index in [4.69, 9.17) is 9.15 Å². The molecule has 1 fully saturated rings. The molecule has 4 rings (SSSR count). The molecule has 1 aromatic carbocycles. The topological polar surface area (TPSA) is 59.8 Å². The summed E-state index contributed by atoms with van der Waals surface area (Å²) in [5, 5.41) is 0. The van der Waals surface area contributed by atoms with E-state index in [-0.39, 0.29) is 10.5 Å². The maximum Gasteiger partial charge on any atom is 0.268 e. The van der Waals surface area contributed by atoms with E-state index in [0.29, 0.717) is 29.5 Å². The van der Waals surface area contributed by atoms with Crippen LogP contribution in [0.5, 0.6) is 5.75 Å². The van der Waals surface area contributed by atoms with Crippen molar-refractivity contribution in [2.24, 2.45) is 0 Å². The monoisotopic (exact) mass is 319 g/mol. The third-order valence-electron chi connectivity index (χ3n) is 4.26. The van der Waals surface area contributed by atoms with Crippen LogP contribution in [0.1, 0.15) is 24.4 Å². The van der Waals surface area contributed by atoms with Crippen LogP contribution < -0.4 is 9.04 Å². The number of rotatable bonds is 2. The average Bonchev–Trinajstić information content (AvgIpc) is 3.12. The zero-order chi connectivity index (χ0) is 15.5. The molecular formula is C16H17NO4S. The lowest BCUT2D eigenvalue weighted by Gasteiger charge is -2.35. The van der Waals surface area contributed by atoms with E-state index in [1.807, 2.05) is 18.2 Å². The highest BCUT2D eigenvalue weighted by molar-refractivity contribution is 7.92. The van der Waals surface area contributed by atoms with Gasteiger partial charge in [-0.05, 0) is 38.8 Å². The van der Waals surface area contributed by atoms with Crippen molar-refractivity contribution in [3.05, 3.63) is 41.9 Å². The van der Waals surface area contributed by atoms with E-state index in [9.17, 15) is 8.42 Å². The number of fused-ring (bicyclic) bond motifs is 1. The van der Waals surface area contributed by atoms with Crippen LogP contribution in [0.4, 0.5) is 5.69 Å². The Morgan fingerprint density at radius 2 is 1.91 bits per heavy atom. The van der Waals surface area contributed by atoms with Crippen molar-refractivity contribution in [3.8, 4) is 5.75 Å². The van der Waals surface area contributed by atoms with Gasteiger partial charge >= 0.3 is 0 Å². The van der Waals surface area contributed by atoms with Crippen LogP contribution in [0, 0.1) is 13.8 Å². The Balaban J connectivity index is 1.86. The van der Waals surface area contributed by atoms with Gasteiger partial charge in [0.15, 0.2) is 0 Å². The van der Waals surface area contributed by atoms with Crippen LogP contribution >= 0.6 is 0 Å². The van der Waals surface area contributed by atoms with Gasteiger partial charge < -0.3 is 9.15 Å². The Morgan fingerprint density at radius 1 is 1.18 bits per heavy atom. The molecule has 1 aromatic heterocycles.